The molecule has 0 saturated carbocycles. The van der Waals surface area contributed by atoms with E-state index >= 15 is 0 Å². The zero-order valence-corrected chi connectivity index (χ0v) is 33.2. The second-order valence-corrected chi connectivity index (χ2v) is 15.8. The van der Waals surface area contributed by atoms with Gasteiger partial charge in [-0.25, -0.2) is 0 Å². The average Bonchev–Trinajstić information content (AvgIpc) is 3.87. The zero-order chi connectivity index (χ0) is 40.3. The molecule has 2 aromatic heterocycles. The molecule has 0 N–H and O–H groups in total. The van der Waals surface area contributed by atoms with Crippen molar-refractivity contribution >= 4 is 49.9 Å². The smallest absolute Gasteiger partial charge is 0.177 e. The lowest BCUT2D eigenvalue weighted by atomic mass is 9.67. The van der Waals surface area contributed by atoms with Gasteiger partial charge in [0.15, 0.2) is 5.58 Å². The number of nitrogens with zero attached hydrogens (tertiary/aromatic N) is 2. The third kappa shape index (κ3) is 5.41. The van der Waals surface area contributed by atoms with E-state index < -0.39 is 5.41 Å². The van der Waals surface area contributed by atoms with E-state index in [0.717, 1.165) is 66.6 Å². The van der Waals surface area contributed by atoms with E-state index in [0.29, 0.717) is 0 Å². The van der Waals surface area contributed by atoms with Gasteiger partial charge < -0.3 is 9.32 Å². The lowest BCUT2D eigenvalue weighted by molar-refractivity contribution is 0.672. The molecule has 0 atom stereocenters. The SMILES string of the molecule is c1ccc(-c2ccc(N(c3cc4c(cc3-c3ccccc3)-c3ccccc3C4(c3ccccc3)c3ccccc3)c3ccnc4c3oc3c5ccccc5ccc43)cc2)cc1. The molecule has 0 bridgehead atoms. The first-order valence-electron chi connectivity index (χ1n) is 20.9. The van der Waals surface area contributed by atoms with Gasteiger partial charge in [-0.15, -0.1) is 0 Å². The topological polar surface area (TPSA) is 29.3 Å². The molecule has 3 heteroatoms. The molecular weight excluding hydrogens is 741 g/mol. The predicted octanol–water partition coefficient (Wildman–Crippen LogP) is 15.3. The molecule has 2 heterocycles. The van der Waals surface area contributed by atoms with Crippen LogP contribution in [0.25, 0.3) is 66.2 Å². The van der Waals surface area contributed by atoms with Crippen LogP contribution in [0.3, 0.4) is 0 Å². The summed E-state index contributed by atoms with van der Waals surface area (Å²) >= 11 is 0. The summed E-state index contributed by atoms with van der Waals surface area (Å²) in [5.74, 6) is 0. The molecule has 9 aromatic carbocycles. The first kappa shape index (κ1) is 35.0. The minimum Gasteiger partial charge on any atom is -0.451 e. The molecule has 1 aliphatic rings. The van der Waals surface area contributed by atoms with Gasteiger partial charge in [0.1, 0.15) is 11.1 Å². The van der Waals surface area contributed by atoms with Crippen LogP contribution in [0.2, 0.25) is 0 Å². The highest BCUT2D eigenvalue weighted by Crippen LogP contribution is 2.59. The standard InChI is InChI=1S/C58H38N2O/c1-5-17-39(18-6-1)40-29-32-45(33-30-40)60(53-35-36-59-55-48-34-31-42-21-13-14-26-46(42)56(48)61-57(53)55)54-38-52-50(37-49(54)41-19-7-2-8-20-41)47-27-15-16-28-51(47)58(52,43-22-9-3-10-23-43)44-24-11-4-12-25-44/h1-38H. The fourth-order valence-corrected chi connectivity index (χ4v) is 9.90. The first-order valence-corrected chi connectivity index (χ1v) is 20.9. The van der Waals surface area contributed by atoms with Crippen LogP contribution in [0.4, 0.5) is 17.1 Å². The maximum absolute atomic E-state index is 7.08. The number of fused-ring (bicyclic) bond motifs is 8. The third-order valence-corrected chi connectivity index (χ3v) is 12.6. The molecule has 0 aliphatic heterocycles. The lowest BCUT2D eigenvalue weighted by Crippen LogP contribution is -2.28. The Kier molecular flexibility index (Phi) is 8.07. The van der Waals surface area contributed by atoms with Gasteiger partial charge in [-0.3, -0.25) is 4.98 Å². The fraction of sp³-hybridized carbons (Fsp3) is 0.0172. The van der Waals surface area contributed by atoms with E-state index in [4.69, 9.17) is 9.40 Å². The molecule has 286 valence electrons. The highest BCUT2D eigenvalue weighted by atomic mass is 16.3. The monoisotopic (exact) mass is 778 g/mol. The number of furan rings is 1. The Morgan fingerprint density at radius 2 is 1.00 bits per heavy atom. The van der Waals surface area contributed by atoms with Crippen LogP contribution in [0.5, 0.6) is 0 Å². The van der Waals surface area contributed by atoms with Gasteiger partial charge in [0, 0.05) is 28.2 Å². The van der Waals surface area contributed by atoms with Crippen LogP contribution in [0, 0.1) is 0 Å². The Hall–Kier alpha value is -8.01. The number of benzene rings is 9. The summed E-state index contributed by atoms with van der Waals surface area (Å²) in [6.45, 7) is 0. The van der Waals surface area contributed by atoms with E-state index in [1.807, 2.05) is 6.20 Å². The molecule has 0 spiro atoms. The number of hydrogen-bond donors (Lipinski definition) is 0. The quantitative estimate of drug-likeness (QED) is 0.161. The summed E-state index contributed by atoms with van der Waals surface area (Å²) < 4.78 is 7.08. The number of anilines is 3. The van der Waals surface area contributed by atoms with Gasteiger partial charge in [-0.05, 0) is 91.9 Å². The second kappa shape index (κ2) is 14.1. The highest BCUT2D eigenvalue weighted by molar-refractivity contribution is 6.16. The van der Waals surface area contributed by atoms with Crippen LogP contribution in [0.1, 0.15) is 22.3 Å². The third-order valence-electron chi connectivity index (χ3n) is 12.6. The van der Waals surface area contributed by atoms with Crippen LogP contribution < -0.4 is 4.90 Å². The van der Waals surface area contributed by atoms with Gasteiger partial charge in [-0.2, -0.15) is 0 Å². The number of pyridine rings is 1. The van der Waals surface area contributed by atoms with E-state index in [-0.39, 0.29) is 0 Å². The predicted molar refractivity (Wildman–Crippen MR) is 252 cm³/mol. The molecule has 0 radical (unpaired) electrons. The van der Waals surface area contributed by atoms with E-state index in [1.165, 1.54) is 38.9 Å². The van der Waals surface area contributed by atoms with Crippen LogP contribution in [-0.4, -0.2) is 4.98 Å². The molecule has 61 heavy (non-hydrogen) atoms. The summed E-state index contributed by atoms with van der Waals surface area (Å²) in [6.07, 6.45) is 1.93. The van der Waals surface area contributed by atoms with E-state index in [1.54, 1.807) is 0 Å². The van der Waals surface area contributed by atoms with Crippen LogP contribution in [0.15, 0.2) is 235 Å². The zero-order valence-electron chi connectivity index (χ0n) is 33.2. The van der Waals surface area contributed by atoms with Crippen molar-refractivity contribution < 1.29 is 4.42 Å². The van der Waals surface area contributed by atoms with Crippen molar-refractivity contribution in [2.75, 3.05) is 4.90 Å². The van der Waals surface area contributed by atoms with Crippen LogP contribution >= 0.6 is 0 Å². The highest BCUT2D eigenvalue weighted by Gasteiger charge is 2.47. The molecule has 1 aliphatic carbocycles. The molecule has 12 rings (SSSR count). The molecule has 0 fully saturated rings. The van der Waals surface area contributed by atoms with Crippen molar-refractivity contribution in [1.29, 1.82) is 0 Å². The number of hydrogen-bond acceptors (Lipinski definition) is 3. The Balaban J connectivity index is 1.21. The summed E-state index contributed by atoms with van der Waals surface area (Å²) in [4.78, 5) is 7.41. The van der Waals surface area contributed by atoms with Gasteiger partial charge >= 0.3 is 0 Å². The molecule has 11 aromatic rings. The Labute approximate surface area is 354 Å². The van der Waals surface area contributed by atoms with Crippen molar-refractivity contribution in [3.05, 3.63) is 253 Å². The molecule has 3 nitrogen and oxygen atoms in total. The summed E-state index contributed by atoms with van der Waals surface area (Å²) in [6, 6.07) is 81.1. The lowest BCUT2D eigenvalue weighted by Gasteiger charge is -2.35. The van der Waals surface area contributed by atoms with Crippen molar-refractivity contribution in [3.8, 4) is 33.4 Å². The molecule has 0 saturated heterocycles. The van der Waals surface area contributed by atoms with Crippen LogP contribution in [-0.2, 0) is 5.41 Å². The van der Waals surface area contributed by atoms with Gasteiger partial charge in [0.2, 0.25) is 0 Å². The Morgan fingerprint density at radius 3 is 1.72 bits per heavy atom. The van der Waals surface area contributed by atoms with Gasteiger partial charge in [0.25, 0.3) is 0 Å². The minimum absolute atomic E-state index is 0.590. The molecule has 0 unspecified atom stereocenters. The normalized spacial score (nSPS) is 12.7. The van der Waals surface area contributed by atoms with Gasteiger partial charge in [0.05, 0.1) is 16.8 Å². The number of rotatable bonds is 7. The number of aromatic nitrogens is 1. The average molecular weight is 779 g/mol. The van der Waals surface area contributed by atoms with Crippen molar-refractivity contribution in [2.24, 2.45) is 0 Å². The maximum atomic E-state index is 7.08. The van der Waals surface area contributed by atoms with Crippen molar-refractivity contribution in [3.63, 3.8) is 0 Å². The Bertz CT molecular complexity index is 3350. The van der Waals surface area contributed by atoms with E-state index in [9.17, 15) is 0 Å². The van der Waals surface area contributed by atoms with E-state index in [2.05, 4.69) is 229 Å². The Morgan fingerprint density at radius 1 is 0.393 bits per heavy atom. The summed E-state index contributed by atoms with van der Waals surface area (Å²) in [7, 11) is 0. The maximum Gasteiger partial charge on any atom is 0.177 e. The molecule has 0 amide bonds. The fourth-order valence-electron chi connectivity index (χ4n) is 9.90. The second-order valence-electron chi connectivity index (χ2n) is 15.8. The largest absolute Gasteiger partial charge is 0.451 e. The van der Waals surface area contributed by atoms with Crippen molar-refractivity contribution in [1.82, 2.24) is 4.98 Å². The first-order chi connectivity index (χ1) is 30.3. The summed E-state index contributed by atoms with van der Waals surface area (Å²) in [5, 5.41) is 3.19. The van der Waals surface area contributed by atoms with Gasteiger partial charge in [-0.1, -0.05) is 188 Å². The summed E-state index contributed by atoms with van der Waals surface area (Å²) in [5.41, 5.74) is 16.8. The minimum atomic E-state index is -0.590. The van der Waals surface area contributed by atoms with Crippen molar-refractivity contribution in [2.45, 2.75) is 5.41 Å². The molecular formula is C58H38N2O.